The molecular weight excluding hydrogens is 258 g/mol. The Morgan fingerprint density at radius 3 is 2.75 bits per heavy atom. The van der Waals surface area contributed by atoms with Gasteiger partial charge in [0, 0.05) is 10.9 Å². The average molecular weight is 278 g/mol. The molecule has 0 aliphatic heterocycles. The minimum absolute atomic E-state index is 0.460. The monoisotopic (exact) mass is 277 g/mol. The third kappa shape index (κ3) is 4.66. The van der Waals surface area contributed by atoms with Crippen LogP contribution in [0, 0.1) is 5.92 Å². The zero-order valence-electron chi connectivity index (χ0n) is 10.1. The first kappa shape index (κ1) is 14.4. The Labute approximate surface area is 112 Å². The van der Waals surface area contributed by atoms with Crippen molar-refractivity contribution < 1.29 is 0 Å². The van der Waals surface area contributed by atoms with Gasteiger partial charge in [-0.2, -0.15) is 11.8 Å². The van der Waals surface area contributed by atoms with Gasteiger partial charge in [-0.3, -0.25) is 0 Å². The van der Waals surface area contributed by atoms with Crippen LogP contribution in [0.15, 0.2) is 12.1 Å². The zero-order chi connectivity index (χ0) is 12.0. The Kier molecular flexibility index (Phi) is 6.81. The third-order valence-electron chi connectivity index (χ3n) is 2.51. The Bertz CT molecular complexity index is 301. The third-order valence-corrected chi connectivity index (χ3v) is 4.76. The fourth-order valence-corrected chi connectivity index (χ4v) is 3.56. The molecule has 0 fully saturated rings. The number of hydrogen-bond donors (Lipinski definition) is 1. The predicted molar refractivity (Wildman–Crippen MR) is 77.9 cm³/mol. The van der Waals surface area contributed by atoms with Gasteiger partial charge in [0.05, 0.1) is 4.34 Å². The minimum Gasteiger partial charge on any atom is -0.309 e. The summed E-state index contributed by atoms with van der Waals surface area (Å²) in [7, 11) is 0. The minimum atomic E-state index is 0.460. The van der Waals surface area contributed by atoms with Crippen molar-refractivity contribution in [1.29, 1.82) is 0 Å². The molecule has 0 radical (unpaired) electrons. The summed E-state index contributed by atoms with van der Waals surface area (Å²) in [5.41, 5.74) is 0. The molecule has 0 aliphatic carbocycles. The molecule has 1 heterocycles. The molecule has 1 aromatic rings. The standard InChI is InChI=1S/C12H20ClNS2/c1-4-10(11-5-6-12(13)16-11)14-7-9(2)8-15-3/h5-6,9-10,14H,4,7-8H2,1-3H3. The summed E-state index contributed by atoms with van der Waals surface area (Å²) in [5.74, 6) is 1.94. The molecule has 1 rings (SSSR count). The van der Waals surface area contributed by atoms with Crippen LogP contribution in [0.1, 0.15) is 31.2 Å². The van der Waals surface area contributed by atoms with E-state index < -0.39 is 0 Å². The maximum absolute atomic E-state index is 5.96. The van der Waals surface area contributed by atoms with Crippen molar-refractivity contribution in [2.24, 2.45) is 5.92 Å². The Hall–Kier alpha value is 0.300. The highest BCUT2D eigenvalue weighted by Gasteiger charge is 2.12. The molecular formula is C12H20ClNS2. The van der Waals surface area contributed by atoms with Crippen molar-refractivity contribution in [2.75, 3.05) is 18.6 Å². The molecule has 2 unspecified atom stereocenters. The van der Waals surface area contributed by atoms with E-state index in [4.69, 9.17) is 11.6 Å². The summed E-state index contributed by atoms with van der Waals surface area (Å²) >= 11 is 9.55. The summed E-state index contributed by atoms with van der Waals surface area (Å²) in [6.45, 7) is 5.58. The zero-order valence-corrected chi connectivity index (χ0v) is 12.5. The van der Waals surface area contributed by atoms with Crippen molar-refractivity contribution in [3.8, 4) is 0 Å². The highest BCUT2D eigenvalue weighted by atomic mass is 35.5. The van der Waals surface area contributed by atoms with Crippen LogP contribution in [0.2, 0.25) is 4.34 Å². The highest BCUT2D eigenvalue weighted by Crippen LogP contribution is 2.28. The lowest BCUT2D eigenvalue weighted by Crippen LogP contribution is -2.26. The number of halogens is 1. The SMILES string of the molecule is CCC(NCC(C)CSC)c1ccc(Cl)s1. The number of rotatable bonds is 7. The lowest BCUT2D eigenvalue weighted by atomic mass is 10.1. The van der Waals surface area contributed by atoms with E-state index in [1.807, 2.05) is 17.8 Å². The fourth-order valence-electron chi connectivity index (χ4n) is 1.65. The smallest absolute Gasteiger partial charge is 0.0931 e. The Balaban J connectivity index is 2.43. The van der Waals surface area contributed by atoms with Gasteiger partial charge < -0.3 is 5.32 Å². The van der Waals surface area contributed by atoms with Crippen molar-refractivity contribution in [2.45, 2.75) is 26.3 Å². The average Bonchev–Trinajstić information content (AvgIpc) is 2.66. The van der Waals surface area contributed by atoms with Gasteiger partial charge >= 0.3 is 0 Å². The van der Waals surface area contributed by atoms with Gasteiger partial charge in [0.15, 0.2) is 0 Å². The summed E-state index contributed by atoms with van der Waals surface area (Å²) < 4.78 is 0.882. The normalized spacial score (nSPS) is 15.0. The molecule has 92 valence electrons. The molecule has 1 N–H and O–H groups in total. The second kappa shape index (κ2) is 7.59. The van der Waals surface area contributed by atoms with E-state index in [-0.39, 0.29) is 0 Å². The number of thiophene rings is 1. The first-order valence-corrected chi connectivity index (χ1v) is 8.23. The van der Waals surface area contributed by atoms with E-state index in [0.29, 0.717) is 6.04 Å². The first-order valence-electron chi connectivity index (χ1n) is 5.64. The molecule has 0 aliphatic rings. The number of hydrogen-bond acceptors (Lipinski definition) is 3. The molecule has 4 heteroatoms. The summed E-state index contributed by atoms with van der Waals surface area (Å²) in [6, 6.07) is 4.58. The second-order valence-corrected chi connectivity index (χ2v) is 6.73. The quantitative estimate of drug-likeness (QED) is 0.791. The van der Waals surface area contributed by atoms with E-state index >= 15 is 0 Å². The van der Waals surface area contributed by atoms with Gasteiger partial charge in [-0.1, -0.05) is 25.4 Å². The summed E-state index contributed by atoms with van der Waals surface area (Å²) in [6.07, 6.45) is 3.27. The van der Waals surface area contributed by atoms with Crippen LogP contribution >= 0.6 is 34.7 Å². The van der Waals surface area contributed by atoms with Crippen LogP contribution < -0.4 is 5.32 Å². The second-order valence-electron chi connectivity index (χ2n) is 4.07. The Morgan fingerprint density at radius 1 is 1.50 bits per heavy atom. The van der Waals surface area contributed by atoms with E-state index in [0.717, 1.165) is 23.2 Å². The van der Waals surface area contributed by atoms with Crippen molar-refractivity contribution in [1.82, 2.24) is 5.32 Å². The number of nitrogens with one attached hydrogen (secondary N) is 1. The molecule has 0 saturated carbocycles. The van der Waals surface area contributed by atoms with Crippen LogP contribution in [0.5, 0.6) is 0 Å². The highest BCUT2D eigenvalue weighted by molar-refractivity contribution is 7.98. The van der Waals surface area contributed by atoms with Gasteiger partial charge in [0.2, 0.25) is 0 Å². The lowest BCUT2D eigenvalue weighted by Gasteiger charge is -2.18. The summed E-state index contributed by atoms with van der Waals surface area (Å²) in [5, 5.41) is 3.62. The van der Waals surface area contributed by atoms with Crippen molar-refractivity contribution in [3.63, 3.8) is 0 Å². The van der Waals surface area contributed by atoms with Crippen LogP contribution in [-0.4, -0.2) is 18.6 Å². The molecule has 1 aromatic heterocycles. The maximum Gasteiger partial charge on any atom is 0.0931 e. The number of thioether (sulfide) groups is 1. The van der Waals surface area contributed by atoms with Crippen LogP contribution in [0.4, 0.5) is 0 Å². The lowest BCUT2D eigenvalue weighted by molar-refractivity contribution is 0.473. The van der Waals surface area contributed by atoms with Gasteiger partial charge in [-0.05, 0) is 43.0 Å². The van der Waals surface area contributed by atoms with Crippen molar-refractivity contribution in [3.05, 3.63) is 21.3 Å². The Morgan fingerprint density at radius 2 is 2.25 bits per heavy atom. The van der Waals surface area contributed by atoms with Crippen LogP contribution in [-0.2, 0) is 0 Å². The molecule has 0 amide bonds. The molecule has 0 saturated heterocycles. The fraction of sp³-hybridized carbons (Fsp3) is 0.667. The van der Waals surface area contributed by atoms with Crippen molar-refractivity contribution >= 4 is 34.7 Å². The van der Waals surface area contributed by atoms with Crippen LogP contribution in [0.25, 0.3) is 0 Å². The summed E-state index contributed by atoms with van der Waals surface area (Å²) in [4.78, 5) is 1.35. The largest absolute Gasteiger partial charge is 0.309 e. The first-order chi connectivity index (χ1) is 7.67. The molecule has 16 heavy (non-hydrogen) atoms. The molecule has 1 nitrogen and oxygen atoms in total. The van der Waals surface area contributed by atoms with Gasteiger partial charge in [-0.25, -0.2) is 0 Å². The van der Waals surface area contributed by atoms with E-state index in [1.54, 1.807) is 11.3 Å². The topological polar surface area (TPSA) is 12.0 Å². The van der Waals surface area contributed by atoms with Gasteiger partial charge in [-0.15, -0.1) is 11.3 Å². The van der Waals surface area contributed by atoms with E-state index in [1.165, 1.54) is 10.6 Å². The molecule has 0 bridgehead atoms. The molecule has 2 atom stereocenters. The predicted octanol–water partition coefficient (Wildman–Crippen LogP) is 4.44. The molecule has 0 aromatic carbocycles. The van der Waals surface area contributed by atoms with Gasteiger partial charge in [0.1, 0.15) is 0 Å². The molecule has 0 spiro atoms. The van der Waals surface area contributed by atoms with E-state index in [9.17, 15) is 0 Å². The maximum atomic E-state index is 5.96. The van der Waals surface area contributed by atoms with Crippen LogP contribution in [0.3, 0.4) is 0 Å². The van der Waals surface area contributed by atoms with E-state index in [2.05, 4.69) is 31.5 Å². The van der Waals surface area contributed by atoms with Gasteiger partial charge in [0.25, 0.3) is 0 Å².